The summed E-state index contributed by atoms with van der Waals surface area (Å²) in [6.45, 7) is 3.59. The Morgan fingerprint density at radius 1 is 1.26 bits per heavy atom. The van der Waals surface area contributed by atoms with Crippen molar-refractivity contribution in [3.8, 4) is 5.88 Å². The zero-order valence-corrected chi connectivity index (χ0v) is 11.6. The van der Waals surface area contributed by atoms with Gasteiger partial charge in [-0.15, -0.1) is 0 Å². The fourth-order valence-corrected chi connectivity index (χ4v) is 2.44. The third-order valence-corrected chi connectivity index (χ3v) is 3.53. The number of piperidine rings is 1. The highest BCUT2D eigenvalue weighted by Gasteiger charge is 2.12. The van der Waals surface area contributed by atoms with Gasteiger partial charge in [-0.25, -0.2) is 4.98 Å². The molecule has 106 valence electrons. The van der Waals surface area contributed by atoms with E-state index >= 15 is 0 Å². The van der Waals surface area contributed by atoms with Gasteiger partial charge in [0.05, 0.1) is 13.7 Å². The predicted molar refractivity (Wildman–Crippen MR) is 73.1 cm³/mol. The Morgan fingerprint density at radius 3 is 2.84 bits per heavy atom. The highest BCUT2D eigenvalue weighted by molar-refractivity contribution is 5.15. The van der Waals surface area contributed by atoms with E-state index in [1.54, 1.807) is 19.5 Å². The smallest absolute Gasteiger partial charge is 0.237 e. The van der Waals surface area contributed by atoms with Crippen LogP contribution in [0.15, 0.2) is 12.4 Å². The van der Waals surface area contributed by atoms with Gasteiger partial charge in [-0.05, 0) is 44.7 Å². The fraction of sp³-hybridized carbons (Fsp3) is 0.714. The summed E-state index contributed by atoms with van der Waals surface area (Å²) < 4.78 is 10.8. The van der Waals surface area contributed by atoms with Crippen molar-refractivity contribution >= 4 is 0 Å². The number of methoxy groups -OCH3 is 1. The van der Waals surface area contributed by atoms with Crippen LogP contribution in [0.2, 0.25) is 0 Å². The lowest BCUT2D eigenvalue weighted by Gasteiger charge is -2.22. The molecular weight excluding hydrogens is 242 g/mol. The maximum Gasteiger partial charge on any atom is 0.237 e. The molecule has 1 saturated heterocycles. The molecule has 2 heterocycles. The molecule has 5 nitrogen and oxygen atoms in total. The molecule has 5 heteroatoms. The average Bonchev–Trinajstić information content (AvgIpc) is 2.48. The molecule has 1 aromatic heterocycles. The van der Waals surface area contributed by atoms with E-state index in [1.807, 2.05) is 0 Å². The monoisotopic (exact) mass is 265 g/mol. The van der Waals surface area contributed by atoms with Crippen LogP contribution in [-0.4, -0.2) is 36.8 Å². The van der Waals surface area contributed by atoms with Crippen LogP contribution >= 0.6 is 0 Å². The first-order valence-electron chi connectivity index (χ1n) is 7.02. The van der Waals surface area contributed by atoms with Gasteiger partial charge in [-0.2, -0.15) is 0 Å². The molecule has 1 aromatic rings. The van der Waals surface area contributed by atoms with Gasteiger partial charge in [-0.1, -0.05) is 0 Å². The van der Waals surface area contributed by atoms with E-state index in [2.05, 4.69) is 15.3 Å². The summed E-state index contributed by atoms with van der Waals surface area (Å²) in [7, 11) is 1.60. The SMILES string of the molecule is COc1nccnc1COCCCC1CCNCC1. The van der Waals surface area contributed by atoms with Crippen LogP contribution in [0.4, 0.5) is 0 Å². The van der Waals surface area contributed by atoms with Gasteiger partial charge in [0.25, 0.3) is 0 Å². The van der Waals surface area contributed by atoms with E-state index in [0.717, 1.165) is 24.6 Å². The highest BCUT2D eigenvalue weighted by atomic mass is 16.5. The van der Waals surface area contributed by atoms with Gasteiger partial charge < -0.3 is 14.8 Å². The summed E-state index contributed by atoms with van der Waals surface area (Å²) >= 11 is 0. The van der Waals surface area contributed by atoms with Crippen molar-refractivity contribution in [2.45, 2.75) is 32.3 Å². The molecule has 0 radical (unpaired) electrons. The van der Waals surface area contributed by atoms with Crippen LogP contribution in [0.1, 0.15) is 31.4 Å². The van der Waals surface area contributed by atoms with Crippen LogP contribution < -0.4 is 10.1 Å². The van der Waals surface area contributed by atoms with Crippen LogP contribution in [0.25, 0.3) is 0 Å². The summed E-state index contributed by atoms with van der Waals surface area (Å²) in [5, 5.41) is 3.39. The minimum absolute atomic E-state index is 0.475. The van der Waals surface area contributed by atoms with E-state index in [9.17, 15) is 0 Å². The van der Waals surface area contributed by atoms with E-state index < -0.39 is 0 Å². The summed E-state index contributed by atoms with van der Waals surface area (Å²) in [4.78, 5) is 8.31. The molecule has 0 aliphatic carbocycles. The quantitative estimate of drug-likeness (QED) is 0.762. The first kappa shape index (κ1) is 14.2. The van der Waals surface area contributed by atoms with Crippen molar-refractivity contribution < 1.29 is 9.47 Å². The molecule has 1 aliphatic heterocycles. The molecule has 19 heavy (non-hydrogen) atoms. The van der Waals surface area contributed by atoms with Crippen LogP contribution in [0.3, 0.4) is 0 Å². The number of nitrogens with one attached hydrogen (secondary N) is 1. The summed E-state index contributed by atoms with van der Waals surface area (Å²) in [5.74, 6) is 1.43. The molecule has 0 spiro atoms. The summed E-state index contributed by atoms with van der Waals surface area (Å²) in [6, 6.07) is 0. The molecule has 0 amide bonds. The Hall–Kier alpha value is -1.20. The fourth-order valence-electron chi connectivity index (χ4n) is 2.44. The number of nitrogens with zero attached hydrogens (tertiary/aromatic N) is 2. The number of ether oxygens (including phenoxy) is 2. The molecule has 0 unspecified atom stereocenters. The van der Waals surface area contributed by atoms with Gasteiger partial charge in [-0.3, -0.25) is 4.98 Å². The van der Waals surface area contributed by atoms with Crippen LogP contribution in [0, 0.1) is 5.92 Å². The molecule has 0 bridgehead atoms. The van der Waals surface area contributed by atoms with Crippen LogP contribution in [-0.2, 0) is 11.3 Å². The molecule has 0 aromatic carbocycles. The second-order valence-corrected chi connectivity index (χ2v) is 4.90. The highest BCUT2D eigenvalue weighted by Crippen LogP contribution is 2.18. The lowest BCUT2D eigenvalue weighted by Crippen LogP contribution is -2.27. The topological polar surface area (TPSA) is 56.3 Å². The zero-order valence-electron chi connectivity index (χ0n) is 11.6. The standard InChI is InChI=1S/C14H23N3O2/c1-18-14-13(16-8-9-17-14)11-19-10-2-3-12-4-6-15-7-5-12/h8-9,12,15H,2-7,10-11H2,1H3. The third kappa shape index (κ3) is 4.76. The number of hydrogen-bond donors (Lipinski definition) is 1. The lowest BCUT2D eigenvalue weighted by molar-refractivity contribution is 0.107. The van der Waals surface area contributed by atoms with Gasteiger partial charge in [0.2, 0.25) is 5.88 Å². The van der Waals surface area contributed by atoms with Crippen molar-refractivity contribution in [1.29, 1.82) is 0 Å². The number of hydrogen-bond acceptors (Lipinski definition) is 5. The zero-order chi connectivity index (χ0) is 13.3. The molecule has 0 atom stereocenters. The largest absolute Gasteiger partial charge is 0.480 e. The minimum atomic E-state index is 0.475. The summed E-state index contributed by atoms with van der Waals surface area (Å²) in [5.41, 5.74) is 0.770. The predicted octanol–water partition coefficient (Wildman–Crippen LogP) is 1.78. The number of aromatic nitrogens is 2. The minimum Gasteiger partial charge on any atom is -0.480 e. The Balaban J connectivity index is 1.61. The van der Waals surface area contributed by atoms with E-state index in [-0.39, 0.29) is 0 Å². The molecule has 2 rings (SSSR count). The summed E-state index contributed by atoms with van der Waals surface area (Å²) in [6.07, 6.45) is 8.28. The van der Waals surface area contributed by atoms with Gasteiger partial charge in [0.15, 0.2) is 0 Å². The second-order valence-electron chi connectivity index (χ2n) is 4.90. The molecule has 1 fully saturated rings. The Labute approximate surface area is 114 Å². The first-order chi connectivity index (χ1) is 9.40. The maximum atomic E-state index is 5.66. The van der Waals surface area contributed by atoms with E-state index in [0.29, 0.717) is 12.5 Å². The van der Waals surface area contributed by atoms with Gasteiger partial charge in [0, 0.05) is 19.0 Å². The molecule has 1 aliphatic rings. The van der Waals surface area contributed by atoms with Gasteiger partial charge >= 0.3 is 0 Å². The lowest BCUT2D eigenvalue weighted by atomic mass is 9.93. The van der Waals surface area contributed by atoms with Gasteiger partial charge in [0.1, 0.15) is 5.69 Å². The van der Waals surface area contributed by atoms with Crippen LogP contribution in [0.5, 0.6) is 5.88 Å². The van der Waals surface area contributed by atoms with Crippen molar-refractivity contribution in [2.24, 2.45) is 5.92 Å². The maximum absolute atomic E-state index is 5.66. The number of rotatable bonds is 7. The molecular formula is C14H23N3O2. The average molecular weight is 265 g/mol. The normalized spacial score (nSPS) is 16.5. The Morgan fingerprint density at radius 2 is 2.05 bits per heavy atom. The Kier molecular flexibility index (Phi) is 6.04. The first-order valence-corrected chi connectivity index (χ1v) is 7.02. The van der Waals surface area contributed by atoms with E-state index in [4.69, 9.17) is 9.47 Å². The van der Waals surface area contributed by atoms with E-state index in [1.165, 1.54) is 32.4 Å². The van der Waals surface area contributed by atoms with Crippen molar-refractivity contribution in [3.05, 3.63) is 18.1 Å². The third-order valence-electron chi connectivity index (χ3n) is 3.53. The Bertz CT molecular complexity index is 367. The van der Waals surface area contributed by atoms with Crippen molar-refractivity contribution in [1.82, 2.24) is 15.3 Å². The molecule has 1 N–H and O–H groups in total. The van der Waals surface area contributed by atoms with Crippen molar-refractivity contribution in [2.75, 3.05) is 26.8 Å². The molecule has 0 saturated carbocycles. The second kappa shape index (κ2) is 8.07. The van der Waals surface area contributed by atoms with Crippen molar-refractivity contribution in [3.63, 3.8) is 0 Å².